The van der Waals surface area contributed by atoms with Gasteiger partial charge in [-0.25, -0.2) is 4.79 Å². The Balaban J connectivity index is 3.92. The first-order valence-corrected chi connectivity index (χ1v) is 40.8. The van der Waals surface area contributed by atoms with Gasteiger partial charge in [-0.3, -0.25) is 9.59 Å². The highest BCUT2D eigenvalue weighted by Crippen LogP contribution is 2.20. The Morgan fingerprint density at radius 2 is 0.613 bits per heavy atom. The molecule has 9 heteroatoms. The van der Waals surface area contributed by atoms with E-state index < -0.39 is 18.4 Å². The van der Waals surface area contributed by atoms with E-state index >= 15 is 0 Å². The van der Waals surface area contributed by atoms with E-state index in [4.69, 9.17) is 18.9 Å². The first-order chi connectivity index (χ1) is 45.6. The van der Waals surface area contributed by atoms with Gasteiger partial charge in [0.15, 0.2) is 6.10 Å². The Kier molecular flexibility index (Phi) is 72.8. The third-order valence-corrected chi connectivity index (χ3v) is 18.6. The first-order valence-electron chi connectivity index (χ1n) is 40.8. The molecule has 0 saturated carbocycles. The van der Waals surface area contributed by atoms with Gasteiger partial charge in [-0.2, -0.15) is 0 Å². The number of likely N-dealkylation sites (N-methyl/N-ethyl adjacent to an activating group) is 1. The minimum atomic E-state index is -1.51. The van der Waals surface area contributed by atoms with Gasteiger partial charge in [-0.05, 0) is 51.4 Å². The number of quaternary nitrogens is 1. The molecule has 9 nitrogen and oxygen atoms in total. The number of hydrogen-bond acceptors (Lipinski definition) is 7. The first kappa shape index (κ1) is 90.2. The lowest BCUT2D eigenvalue weighted by molar-refractivity contribution is -0.870. The van der Waals surface area contributed by atoms with Crippen molar-refractivity contribution in [1.82, 2.24) is 0 Å². The number of esters is 2. The lowest BCUT2D eigenvalue weighted by atomic mass is 10.0. The van der Waals surface area contributed by atoms with Crippen LogP contribution in [0.1, 0.15) is 412 Å². The molecule has 0 heterocycles. The average Bonchev–Trinajstić information content (AvgIpc) is 3.38. The third kappa shape index (κ3) is 76.5. The number of aliphatic carboxylic acids is 1. The monoisotopic (exact) mass is 1310 g/mol. The lowest BCUT2D eigenvalue weighted by Gasteiger charge is -2.25. The predicted molar refractivity (Wildman–Crippen MR) is 401 cm³/mol. The number of ether oxygens (including phenoxy) is 4. The molecule has 0 amide bonds. The molecule has 0 bridgehead atoms. The number of rotatable bonds is 77. The average molecular weight is 1310 g/mol. The summed E-state index contributed by atoms with van der Waals surface area (Å²) in [6.45, 7) is 4.85. The smallest absolute Gasteiger partial charge is 0.361 e. The summed E-state index contributed by atoms with van der Waals surface area (Å²) in [7, 11) is 6.00. The number of allylic oxidation sites excluding steroid dienone is 8. The van der Waals surface area contributed by atoms with Crippen LogP contribution in [0.15, 0.2) is 48.6 Å². The zero-order valence-electron chi connectivity index (χ0n) is 62.7. The van der Waals surface area contributed by atoms with Gasteiger partial charge >= 0.3 is 17.9 Å². The standard InChI is InChI=1S/C84H157NO8/c1-6-8-10-12-14-16-18-20-22-24-26-28-30-32-34-35-36-37-38-39-40-41-42-43-44-45-46-47-49-51-53-55-57-59-61-63-65-67-69-71-73-75-82(87)93-80(79-92-84(83(88)89)90-77-76-85(3,4)5)78-91-81(86)74-72-70-68-66-64-62-60-58-56-54-52-50-48-33-31-29-27-25-23-21-19-17-15-13-11-9-7-2/h8,10,14,16,20,22,26,28,80,84H,6-7,9,11-13,15,17-19,21,23-25,27,29-79H2,1-5H3/p+1/b10-8-,16-14-,22-20-,28-26-. The molecule has 0 aromatic rings. The van der Waals surface area contributed by atoms with Crippen LogP contribution in [0.3, 0.4) is 0 Å². The van der Waals surface area contributed by atoms with Crippen molar-refractivity contribution in [2.45, 2.75) is 424 Å². The van der Waals surface area contributed by atoms with Crippen molar-refractivity contribution in [1.29, 1.82) is 0 Å². The van der Waals surface area contributed by atoms with E-state index in [1.54, 1.807) is 0 Å². The molecule has 0 fully saturated rings. The van der Waals surface area contributed by atoms with Crippen LogP contribution in [-0.4, -0.2) is 87.4 Å². The molecule has 0 rings (SSSR count). The zero-order valence-corrected chi connectivity index (χ0v) is 62.7. The van der Waals surface area contributed by atoms with E-state index in [2.05, 4.69) is 62.5 Å². The third-order valence-electron chi connectivity index (χ3n) is 18.6. The normalized spacial score (nSPS) is 12.8. The summed E-state index contributed by atoms with van der Waals surface area (Å²) in [6.07, 6.45) is 95.7. The molecule has 0 radical (unpaired) electrons. The highest BCUT2D eigenvalue weighted by atomic mass is 16.7. The number of hydrogen-bond donors (Lipinski definition) is 1. The van der Waals surface area contributed by atoms with Gasteiger partial charge in [-0.15, -0.1) is 0 Å². The SMILES string of the molecule is CC/C=C\C/C=C\C/C=C\C/C=C\CCCCCCCCCCCCCCCCCCCCCCCCCCCCCCC(=O)OC(COC(=O)CCCCCCCCCCCCCCCCCCCCCCCCCCCCC)COC(OCC[N+](C)(C)C)C(=O)O. The number of carbonyl (C=O) groups excluding carboxylic acids is 2. The van der Waals surface area contributed by atoms with E-state index in [1.807, 2.05) is 21.1 Å². The summed E-state index contributed by atoms with van der Waals surface area (Å²) in [5.74, 6) is -1.97. The van der Waals surface area contributed by atoms with Crippen LogP contribution in [0.5, 0.6) is 0 Å². The summed E-state index contributed by atoms with van der Waals surface area (Å²) in [5, 5.41) is 9.77. The van der Waals surface area contributed by atoms with Crippen molar-refractivity contribution in [2.75, 3.05) is 47.5 Å². The Bertz CT molecular complexity index is 1670. The minimum absolute atomic E-state index is 0.174. The maximum Gasteiger partial charge on any atom is 0.361 e. The van der Waals surface area contributed by atoms with Crippen LogP contribution in [0.2, 0.25) is 0 Å². The van der Waals surface area contributed by atoms with Crippen molar-refractivity contribution in [2.24, 2.45) is 0 Å². The number of carboxylic acid groups (broad SMARTS) is 1. The number of carbonyl (C=O) groups is 3. The molecule has 0 aliphatic carbocycles. The number of unbranched alkanes of at least 4 members (excludes halogenated alkanes) is 54. The highest BCUT2D eigenvalue weighted by molar-refractivity contribution is 5.71. The molecule has 93 heavy (non-hydrogen) atoms. The summed E-state index contributed by atoms with van der Waals surface area (Å²) in [6, 6.07) is 0. The van der Waals surface area contributed by atoms with Crippen molar-refractivity contribution < 1.29 is 42.9 Å². The second-order valence-electron chi connectivity index (χ2n) is 29.1. The molecule has 2 atom stereocenters. The van der Waals surface area contributed by atoms with Crippen molar-refractivity contribution in [3.63, 3.8) is 0 Å². The van der Waals surface area contributed by atoms with E-state index in [9.17, 15) is 19.5 Å². The second kappa shape index (κ2) is 75.0. The Morgan fingerprint density at radius 3 is 0.914 bits per heavy atom. The molecule has 0 aliphatic heterocycles. The van der Waals surface area contributed by atoms with Gasteiger partial charge in [0.25, 0.3) is 6.29 Å². The van der Waals surface area contributed by atoms with E-state index in [0.29, 0.717) is 17.4 Å². The zero-order chi connectivity index (χ0) is 67.5. The molecule has 0 aromatic heterocycles. The summed E-state index contributed by atoms with van der Waals surface area (Å²) >= 11 is 0. The van der Waals surface area contributed by atoms with Crippen LogP contribution in [0.4, 0.5) is 0 Å². The van der Waals surface area contributed by atoms with Gasteiger partial charge in [-0.1, -0.05) is 396 Å². The maximum atomic E-state index is 13.0. The van der Waals surface area contributed by atoms with Gasteiger partial charge in [0, 0.05) is 12.8 Å². The van der Waals surface area contributed by atoms with Gasteiger partial charge < -0.3 is 28.5 Å². The quantitative estimate of drug-likeness (QED) is 0.0211. The molecule has 2 unspecified atom stereocenters. The predicted octanol–water partition coefficient (Wildman–Crippen LogP) is 26.0. The van der Waals surface area contributed by atoms with Crippen LogP contribution in [0.25, 0.3) is 0 Å². The molecule has 1 N–H and O–H groups in total. The second-order valence-corrected chi connectivity index (χ2v) is 29.1. The maximum absolute atomic E-state index is 13.0. The molecule has 0 saturated heterocycles. The van der Waals surface area contributed by atoms with Crippen molar-refractivity contribution in [3.8, 4) is 0 Å². The summed E-state index contributed by atoms with van der Waals surface area (Å²) < 4.78 is 23.1. The van der Waals surface area contributed by atoms with Gasteiger partial charge in [0.1, 0.15) is 13.2 Å². The van der Waals surface area contributed by atoms with Crippen molar-refractivity contribution in [3.05, 3.63) is 48.6 Å². The topological polar surface area (TPSA) is 108 Å². The molecular formula is C84H158NO8+. The van der Waals surface area contributed by atoms with Crippen LogP contribution in [0, 0.1) is 0 Å². The van der Waals surface area contributed by atoms with E-state index in [-0.39, 0.29) is 38.2 Å². The fourth-order valence-corrected chi connectivity index (χ4v) is 12.4. The van der Waals surface area contributed by atoms with Crippen LogP contribution in [-0.2, 0) is 33.3 Å². The Labute approximate surface area is 578 Å². The minimum Gasteiger partial charge on any atom is -0.477 e. The molecule has 0 aliphatic rings. The molecular weight excluding hydrogens is 1150 g/mol. The molecule has 0 aromatic carbocycles. The van der Waals surface area contributed by atoms with Crippen LogP contribution >= 0.6 is 0 Å². The highest BCUT2D eigenvalue weighted by Gasteiger charge is 2.25. The fourth-order valence-electron chi connectivity index (χ4n) is 12.4. The van der Waals surface area contributed by atoms with E-state index in [1.165, 1.54) is 321 Å². The Hall–Kier alpha value is -2.75. The van der Waals surface area contributed by atoms with E-state index in [0.717, 1.165) is 64.2 Å². The van der Waals surface area contributed by atoms with Crippen LogP contribution < -0.4 is 0 Å². The summed E-state index contributed by atoms with van der Waals surface area (Å²) in [4.78, 5) is 37.7. The fraction of sp³-hybridized carbons (Fsp3) is 0.869. The largest absolute Gasteiger partial charge is 0.477 e. The lowest BCUT2D eigenvalue weighted by Crippen LogP contribution is -2.40. The number of carboxylic acids is 1. The van der Waals surface area contributed by atoms with Gasteiger partial charge in [0.2, 0.25) is 0 Å². The van der Waals surface area contributed by atoms with Crippen molar-refractivity contribution >= 4 is 17.9 Å². The molecule has 546 valence electrons. The molecule has 0 spiro atoms. The van der Waals surface area contributed by atoms with Gasteiger partial charge in [0.05, 0.1) is 34.4 Å². The number of nitrogens with zero attached hydrogens (tertiary/aromatic N) is 1. The summed E-state index contributed by atoms with van der Waals surface area (Å²) in [5.41, 5.74) is 0. The Morgan fingerprint density at radius 1 is 0.333 bits per heavy atom.